The predicted molar refractivity (Wildman–Crippen MR) is 85.6 cm³/mol. The van der Waals surface area contributed by atoms with Crippen molar-refractivity contribution < 1.29 is 18.7 Å². The van der Waals surface area contributed by atoms with Crippen LogP contribution in [0, 0.1) is 0 Å². The molecule has 0 saturated heterocycles. The molecule has 5 heteroatoms. The second kappa shape index (κ2) is 5.57. The topological polar surface area (TPSA) is 65.7 Å². The highest BCUT2D eigenvalue weighted by atomic mass is 16.6. The van der Waals surface area contributed by atoms with Gasteiger partial charge in [-0.15, -0.1) is 6.58 Å². The van der Waals surface area contributed by atoms with Gasteiger partial charge in [-0.1, -0.05) is 6.08 Å². The number of hydrogen-bond acceptors (Lipinski definition) is 5. The fraction of sp³-hybridized carbons (Fsp3) is 0.333. The molecule has 0 saturated carbocycles. The molecule has 0 fully saturated rings. The molecule has 2 aromatic rings. The maximum absolute atomic E-state index is 11.8. The Labute approximate surface area is 133 Å². The van der Waals surface area contributed by atoms with E-state index in [1.54, 1.807) is 12.1 Å². The first-order valence-corrected chi connectivity index (χ1v) is 7.45. The van der Waals surface area contributed by atoms with E-state index in [2.05, 4.69) is 6.58 Å². The molecule has 1 aromatic carbocycles. The Hall–Kier alpha value is -2.56. The molecule has 1 aliphatic heterocycles. The van der Waals surface area contributed by atoms with Crippen LogP contribution in [0.2, 0.25) is 0 Å². The van der Waals surface area contributed by atoms with Crippen LogP contribution in [0.25, 0.3) is 11.0 Å². The Morgan fingerprint density at radius 3 is 2.96 bits per heavy atom. The van der Waals surface area contributed by atoms with Gasteiger partial charge in [0.2, 0.25) is 0 Å². The maximum atomic E-state index is 11.8. The summed E-state index contributed by atoms with van der Waals surface area (Å²) in [7, 11) is 0. The van der Waals surface area contributed by atoms with Gasteiger partial charge in [-0.2, -0.15) is 0 Å². The van der Waals surface area contributed by atoms with E-state index in [1.807, 2.05) is 19.9 Å². The molecule has 0 radical (unpaired) electrons. The van der Waals surface area contributed by atoms with Crippen LogP contribution in [-0.2, 0) is 16.0 Å². The van der Waals surface area contributed by atoms with Crippen molar-refractivity contribution in [1.29, 1.82) is 0 Å². The van der Waals surface area contributed by atoms with Crippen LogP contribution >= 0.6 is 0 Å². The molecule has 0 N–H and O–H groups in total. The molecule has 120 valence electrons. The van der Waals surface area contributed by atoms with Crippen molar-refractivity contribution in [2.24, 2.45) is 0 Å². The molecule has 0 aliphatic carbocycles. The molecule has 1 aromatic heterocycles. The molecule has 0 amide bonds. The minimum absolute atomic E-state index is 0.169. The Kier molecular flexibility index (Phi) is 3.72. The summed E-state index contributed by atoms with van der Waals surface area (Å²) in [5.41, 5.74) is 0.326. The Bertz CT molecular complexity index is 831. The molecular formula is C18H18O5. The van der Waals surface area contributed by atoms with Crippen molar-refractivity contribution in [1.82, 2.24) is 0 Å². The molecule has 0 bridgehead atoms. The first-order valence-electron chi connectivity index (χ1n) is 7.45. The SMILES string of the molecule is C=CCC(=O)OC1Cc2cc3ccc(=O)oc3cc2OC1(C)C. The van der Waals surface area contributed by atoms with Gasteiger partial charge in [0.25, 0.3) is 0 Å². The van der Waals surface area contributed by atoms with E-state index >= 15 is 0 Å². The lowest BCUT2D eigenvalue weighted by Gasteiger charge is -2.39. The smallest absolute Gasteiger partial charge is 0.336 e. The number of esters is 1. The number of carbonyl (C=O) groups excluding carboxylic acids is 1. The maximum Gasteiger partial charge on any atom is 0.336 e. The molecule has 1 aliphatic rings. The summed E-state index contributed by atoms with van der Waals surface area (Å²) in [6, 6.07) is 6.71. The molecule has 2 heterocycles. The van der Waals surface area contributed by atoms with E-state index < -0.39 is 17.3 Å². The molecule has 1 unspecified atom stereocenters. The lowest BCUT2D eigenvalue weighted by Crippen LogP contribution is -2.48. The fourth-order valence-electron chi connectivity index (χ4n) is 2.70. The van der Waals surface area contributed by atoms with Crippen LogP contribution in [0.1, 0.15) is 25.8 Å². The zero-order valence-electron chi connectivity index (χ0n) is 13.1. The minimum atomic E-state index is -0.674. The lowest BCUT2D eigenvalue weighted by atomic mass is 9.90. The average Bonchev–Trinajstić information content (AvgIpc) is 2.46. The zero-order chi connectivity index (χ0) is 16.6. The van der Waals surface area contributed by atoms with Crippen LogP contribution in [0.4, 0.5) is 0 Å². The third-order valence-corrected chi connectivity index (χ3v) is 3.94. The van der Waals surface area contributed by atoms with Gasteiger partial charge in [0.1, 0.15) is 23.0 Å². The zero-order valence-corrected chi connectivity index (χ0v) is 13.1. The summed E-state index contributed by atoms with van der Waals surface area (Å²) in [4.78, 5) is 23.1. The van der Waals surface area contributed by atoms with Crippen molar-refractivity contribution in [2.45, 2.75) is 38.4 Å². The quantitative estimate of drug-likeness (QED) is 0.495. The van der Waals surface area contributed by atoms with E-state index in [0.29, 0.717) is 17.8 Å². The normalized spacial score (nSPS) is 18.8. The lowest BCUT2D eigenvalue weighted by molar-refractivity contribution is -0.160. The highest BCUT2D eigenvalue weighted by molar-refractivity contribution is 5.79. The number of benzene rings is 1. The van der Waals surface area contributed by atoms with Crippen molar-refractivity contribution in [2.75, 3.05) is 0 Å². The van der Waals surface area contributed by atoms with E-state index in [-0.39, 0.29) is 12.4 Å². The van der Waals surface area contributed by atoms with Gasteiger partial charge in [0.15, 0.2) is 0 Å². The second-order valence-corrected chi connectivity index (χ2v) is 6.13. The second-order valence-electron chi connectivity index (χ2n) is 6.13. The monoisotopic (exact) mass is 314 g/mol. The van der Waals surface area contributed by atoms with Crippen LogP contribution in [0.5, 0.6) is 5.75 Å². The molecule has 23 heavy (non-hydrogen) atoms. The third-order valence-electron chi connectivity index (χ3n) is 3.94. The Morgan fingerprint density at radius 1 is 1.43 bits per heavy atom. The summed E-state index contributed by atoms with van der Waals surface area (Å²) in [6.45, 7) is 7.28. The predicted octanol–water partition coefficient (Wildman–Crippen LogP) is 2.99. The van der Waals surface area contributed by atoms with E-state index in [1.165, 1.54) is 12.1 Å². The van der Waals surface area contributed by atoms with Crippen LogP contribution in [-0.4, -0.2) is 17.7 Å². The van der Waals surface area contributed by atoms with Gasteiger partial charge in [0.05, 0.1) is 6.42 Å². The van der Waals surface area contributed by atoms with Crippen molar-refractivity contribution in [3.05, 3.63) is 52.9 Å². The standard InChI is InChI=1S/C18H18O5/c1-4-5-16(19)22-15-9-12-8-11-6-7-17(20)21-13(11)10-14(12)23-18(15,2)3/h4,6-8,10,15H,1,5,9H2,2-3H3. The third kappa shape index (κ3) is 2.99. The highest BCUT2D eigenvalue weighted by Crippen LogP contribution is 2.37. The number of ether oxygens (including phenoxy) is 2. The molecule has 0 spiro atoms. The summed E-state index contributed by atoms with van der Waals surface area (Å²) in [5.74, 6) is 0.324. The summed E-state index contributed by atoms with van der Waals surface area (Å²) in [6.07, 6.45) is 1.83. The summed E-state index contributed by atoms with van der Waals surface area (Å²) in [5, 5.41) is 0.808. The van der Waals surface area contributed by atoms with Gasteiger partial charge in [-0.25, -0.2) is 4.79 Å². The van der Waals surface area contributed by atoms with Gasteiger partial charge in [-0.05, 0) is 31.5 Å². The van der Waals surface area contributed by atoms with Gasteiger partial charge >= 0.3 is 11.6 Å². The number of carbonyl (C=O) groups is 1. The first-order chi connectivity index (χ1) is 10.9. The Morgan fingerprint density at radius 2 is 2.22 bits per heavy atom. The number of hydrogen-bond donors (Lipinski definition) is 0. The largest absolute Gasteiger partial charge is 0.484 e. The molecule has 3 rings (SSSR count). The minimum Gasteiger partial charge on any atom is -0.484 e. The average molecular weight is 314 g/mol. The fourth-order valence-corrected chi connectivity index (χ4v) is 2.70. The van der Waals surface area contributed by atoms with E-state index in [9.17, 15) is 9.59 Å². The van der Waals surface area contributed by atoms with E-state index in [4.69, 9.17) is 13.9 Å². The molecule has 5 nitrogen and oxygen atoms in total. The van der Waals surface area contributed by atoms with Crippen LogP contribution < -0.4 is 10.4 Å². The van der Waals surface area contributed by atoms with Crippen LogP contribution in [0.3, 0.4) is 0 Å². The highest BCUT2D eigenvalue weighted by Gasteiger charge is 2.39. The van der Waals surface area contributed by atoms with Crippen molar-refractivity contribution in [3.63, 3.8) is 0 Å². The van der Waals surface area contributed by atoms with Crippen molar-refractivity contribution in [3.8, 4) is 5.75 Å². The van der Waals surface area contributed by atoms with Gasteiger partial charge in [0, 0.05) is 23.9 Å². The summed E-state index contributed by atoms with van der Waals surface area (Å²) < 4.78 is 16.7. The number of fused-ring (bicyclic) bond motifs is 2. The molecular weight excluding hydrogens is 296 g/mol. The van der Waals surface area contributed by atoms with Gasteiger partial charge in [-0.3, -0.25) is 4.79 Å². The molecule has 1 atom stereocenters. The van der Waals surface area contributed by atoms with Gasteiger partial charge < -0.3 is 13.9 Å². The first kappa shape index (κ1) is 15.3. The number of rotatable bonds is 3. The van der Waals surface area contributed by atoms with E-state index in [0.717, 1.165) is 10.9 Å². The summed E-state index contributed by atoms with van der Waals surface area (Å²) >= 11 is 0. The van der Waals surface area contributed by atoms with Crippen molar-refractivity contribution >= 4 is 16.9 Å². The Balaban J connectivity index is 1.97. The van der Waals surface area contributed by atoms with Crippen LogP contribution in [0.15, 0.2) is 46.1 Å².